The zero-order valence-electron chi connectivity index (χ0n) is 13.3. The van der Waals surface area contributed by atoms with E-state index < -0.39 is 7.82 Å². The fourth-order valence-corrected chi connectivity index (χ4v) is 3.84. The summed E-state index contributed by atoms with van der Waals surface area (Å²) in [5.41, 5.74) is 3.00. The monoisotopic (exact) mass is 348 g/mol. The van der Waals surface area contributed by atoms with Gasteiger partial charge in [-0.05, 0) is 42.4 Å². The van der Waals surface area contributed by atoms with E-state index >= 15 is 0 Å². The molecule has 0 spiro atoms. The Labute approximate surface area is 140 Å². The van der Waals surface area contributed by atoms with Crippen LogP contribution in [-0.4, -0.2) is 39.3 Å². The Morgan fingerprint density at radius 2 is 2.17 bits per heavy atom. The van der Waals surface area contributed by atoms with Crippen molar-refractivity contribution in [2.24, 2.45) is 5.92 Å². The lowest BCUT2D eigenvalue weighted by atomic mass is 9.97. The van der Waals surface area contributed by atoms with Gasteiger partial charge >= 0.3 is 7.82 Å². The molecule has 3 N–H and O–H groups in total. The first-order chi connectivity index (χ1) is 11.5. The standard InChI is InChI=1S/C17H21N2O4P/c20-24(21,22)23-16-9-18-15-5-1-4-14(17(15)16)13-3-2-8-19(11-13)10-12-6-7-12/h1,3-5,9,12,18H,2,6-8,10-11H2,(H2,20,21,22). The Morgan fingerprint density at radius 3 is 2.92 bits per heavy atom. The number of nitrogens with zero attached hydrogens (tertiary/aromatic N) is 1. The van der Waals surface area contributed by atoms with Crippen LogP contribution in [0.4, 0.5) is 0 Å². The van der Waals surface area contributed by atoms with E-state index in [-0.39, 0.29) is 5.75 Å². The Balaban J connectivity index is 1.69. The summed E-state index contributed by atoms with van der Waals surface area (Å²) in [4.78, 5) is 23.8. The predicted molar refractivity (Wildman–Crippen MR) is 92.7 cm³/mol. The Hall–Kier alpha value is -1.59. The molecule has 128 valence electrons. The minimum absolute atomic E-state index is 0.203. The molecule has 0 bridgehead atoms. The van der Waals surface area contributed by atoms with Crippen LogP contribution >= 0.6 is 7.82 Å². The quantitative estimate of drug-likeness (QED) is 0.723. The van der Waals surface area contributed by atoms with E-state index in [1.807, 2.05) is 18.2 Å². The van der Waals surface area contributed by atoms with E-state index in [1.165, 1.54) is 24.6 Å². The molecular weight excluding hydrogens is 327 g/mol. The summed E-state index contributed by atoms with van der Waals surface area (Å²) in [5.74, 6) is 1.05. The maximum absolute atomic E-state index is 11.2. The summed E-state index contributed by atoms with van der Waals surface area (Å²) in [6.07, 6.45) is 7.41. The topological polar surface area (TPSA) is 85.8 Å². The van der Waals surface area contributed by atoms with Crippen molar-refractivity contribution in [1.82, 2.24) is 9.88 Å². The molecule has 4 rings (SSSR count). The van der Waals surface area contributed by atoms with Crippen LogP contribution < -0.4 is 4.52 Å². The molecule has 2 heterocycles. The normalized spacial score (nSPS) is 19.5. The van der Waals surface area contributed by atoms with Crippen molar-refractivity contribution in [3.8, 4) is 5.75 Å². The van der Waals surface area contributed by atoms with Gasteiger partial charge in [0.2, 0.25) is 0 Å². The van der Waals surface area contributed by atoms with Crippen molar-refractivity contribution in [3.05, 3.63) is 36.0 Å². The molecule has 6 nitrogen and oxygen atoms in total. The predicted octanol–water partition coefficient (Wildman–Crippen LogP) is 3.14. The number of phosphoric acid groups is 1. The molecule has 24 heavy (non-hydrogen) atoms. The van der Waals surface area contributed by atoms with Gasteiger partial charge in [0.05, 0.1) is 0 Å². The van der Waals surface area contributed by atoms with Crippen molar-refractivity contribution >= 4 is 24.3 Å². The summed E-state index contributed by atoms with van der Waals surface area (Å²) in [6, 6.07) is 5.84. The van der Waals surface area contributed by atoms with Crippen molar-refractivity contribution < 1.29 is 18.9 Å². The lowest BCUT2D eigenvalue weighted by Crippen LogP contribution is -2.31. The number of H-pyrrole nitrogens is 1. The van der Waals surface area contributed by atoms with Gasteiger partial charge in [0.15, 0.2) is 5.75 Å². The molecule has 0 unspecified atom stereocenters. The van der Waals surface area contributed by atoms with Gasteiger partial charge in [-0.25, -0.2) is 4.57 Å². The van der Waals surface area contributed by atoms with Crippen molar-refractivity contribution in [1.29, 1.82) is 0 Å². The lowest BCUT2D eigenvalue weighted by molar-refractivity contribution is 0.284. The van der Waals surface area contributed by atoms with Crippen LogP contribution in [0.1, 0.15) is 24.8 Å². The van der Waals surface area contributed by atoms with Crippen LogP contribution in [0.5, 0.6) is 5.75 Å². The van der Waals surface area contributed by atoms with E-state index in [0.717, 1.165) is 48.4 Å². The molecule has 1 aliphatic heterocycles. The van der Waals surface area contributed by atoms with Gasteiger partial charge in [-0.15, -0.1) is 0 Å². The lowest BCUT2D eigenvalue weighted by Gasteiger charge is -2.27. The number of rotatable bonds is 5. The van der Waals surface area contributed by atoms with E-state index in [0.29, 0.717) is 0 Å². The second-order valence-electron chi connectivity index (χ2n) is 6.66. The van der Waals surface area contributed by atoms with Crippen molar-refractivity contribution in [3.63, 3.8) is 0 Å². The third kappa shape index (κ3) is 3.42. The molecule has 1 aromatic carbocycles. The van der Waals surface area contributed by atoms with Crippen LogP contribution in [0.2, 0.25) is 0 Å². The van der Waals surface area contributed by atoms with Crippen molar-refractivity contribution in [2.45, 2.75) is 19.3 Å². The largest absolute Gasteiger partial charge is 0.524 e. The van der Waals surface area contributed by atoms with Gasteiger partial charge < -0.3 is 9.51 Å². The molecule has 1 fully saturated rings. The number of hydrogen-bond acceptors (Lipinski definition) is 3. The molecule has 1 aromatic heterocycles. The molecule has 0 atom stereocenters. The average molecular weight is 348 g/mol. The van der Waals surface area contributed by atoms with Gasteiger partial charge in [0, 0.05) is 36.7 Å². The van der Waals surface area contributed by atoms with Crippen LogP contribution in [0.3, 0.4) is 0 Å². The minimum atomic E-state index is -4.59. The molecule has 2 aromatic rings. The van der Waals surface area contributed by atoms with E-state index in [9.17, 15) is 4.57 Å². The number of nitrogens with one attached hydrogen (secondary N) is 1. The zero-order valence-corrected chi connectivity index (χ0v) is 14.2. The number of fused-ring (bicyclic) bond motifs is 1. The number of phosphoric ester groups is 1. The summed E-state index contributed by atoms with van der Waals surface area (Å²) in [7, 11) is -4.59. The molecular formula is C17H21N2O4P. The first-order valence-corrected chi connectivity index (χ1v) is 9.79. The third-order valence-electron chi connectivity index (χ3n) is 4.68. The molecule has 7 heteroatoms. The highest BCUT2D eigenvalue weighted by Crippen LogP contribution is 2.43. The number of aromatic nitrogens is 1. The maximum Gasteiger partial charge on any atom is 0.524 e. The smallest absolute Gasteiger partial charge is 0.402 e. The van der Waals surface area contributed by atoms with Crippen LogP contribution in [0, 0.1) is 5.92 Å². The number of benzene rings is 1. The second-order valence-corrected chi connectivity index (χ2v) is 7.82. The van der Waals surface area contributed by atoms with Gasteiger partial charge in [0.1, 0.15) is 0 Å². The highest BCUT2D eigenvalue weighted by molar-refractivity contribution is 7.46. The van der Waals surface area contributed by atoms with E-state index in [2.05, 4.69) is 16.0 Å². The molecule has 0 radical (unpaired) electrons. The van der Waals surface area contributed by atoms with E-state index in [1.54, 1.807) is 0 Å². The number of hydrogen-bond donors (Lipinski definition) is 3. The average Bonchev–Trinajstić information content (AvgIpc) is 3.26. The molecule has 2 aliphatic rings. The summed E-state index contributed by atoms with van der Waals surface area (Å²) in [5, 5.41) is 0.736. The van der Waals surface area contributed by atoms with Crippen LogP contribution in [0.25, 0.3) is 16.5 Å². The van der Waals surface area contributed by atoms with Crippen LogP contribution in [-0.2, 0) is 4.57 Å². The number of aromatic amines is 1. The fraction of sp³-hybridized carbons (Fsp3) is 0.412. The Kier molecular flexibility index (Phi) is 4.01. The van der Waals surface area contributed by atoms with Gasteiger partial charge in [-0.3, -0.25) is 14.7 Å². The third-order valence-corrected chi connectivity index (χ3v) is 5.11. The van der Waals surface area contributed by atoms with Crippen LogP contribution in [0.15, 0.2) is 30.5 Å². The van der Waals surface area contributed by atoms with Gasteiger partial charge in [-0.1, -0.05) is 18.2 Å². The summed E-state index contributed by atoms with van der Waals surface area (Å²) >= 11 is 0. The minimum Gasteiger partial charge on any atom is -0.402 e. The second kappa shape index (κ2) is 6.05. The first-order valence-electron chi connectivity index (χ1n) is 8.26. The Bertz CT molecular complexity index is 834. The molecule has 1 aliphatic carbocycles. The summed E-state index contributed by atoms with van der Waals surface area (Å²) in [6.45, 7) is 3.09. The molecule has 0 amide bonds. The molecule has 0 saturated heterocycles. The van der Waals surface area contributed by atoms with Gasteiger partial charge in [0.25, 0.3) is 0 Å². The maximum atomic E-state index is 11.2. The highest BCUT2D eigenvalue weighted by atomic mass is 31.2. The van der Waals surface area contributed by atoms with E-state index in [4.69, 9.17) is 14.3 Å². The fourth-order valence-electron chi connectivity index (χ4n) is 3.44. The first kappa shape index (κ1) is 15.9. The SMILES string of the molecule is O=P(O)(O)Oc1c[nH]c2cccc(C3=CCCN(CC4CC4)C3)c12. The summed E-state index contributed by atoms with van der Waals surface area (Å²) < 4.78 is 16.1. The van der Waals surface area contributed by atoms with Crippen molar-refractivity contribution in [2.75, 3.05) is 19.6 Å². The zero-order chi connectivity index (χ0) is 16.7. The highest BCUT2D eigenvalue weighted by Gasteiger charge is 2.27. The molecule has 1 saturated carbocycles. The van der Waals surface area contributed by atoms with Gasteiger partial charge in [-0.2, -0.15) is 0 Å². The Morgan fingerprint density at radius 1 is 1.33 bits per heavy atom.